The number of sulfone groups is 1. The Kier molecular flexibility index (Phi) is 9.55. The van der Waals surface area contributed by atoms with E-state index in [0.29, 0.717) is 6.54 Å². The number of likely N-dealkylation sites (tertiary alicyclic amines) is 1. The summed E-state index contributed by atoms with van der Waals surface area (Å²) in [5.41, 5.74) is 0. The van der Waals surface area contributed by atoms with Crippen molar-refractivity contribution in [2.24, 2.45) is 4.99 Å². The number of hydrogen-bond donors (Lipinski definition) is 1. The van der Waals surface area contributed by atoms with E-state index in [1.54, 1.807) is 14.0 Å². The SMILES string of the molecule is CCS(=O)(=O)CCNC(=NC)N1CCC(Oc2ccccc2)CC1.I. The maximum atomic E-state index is 11.6. The number of rotatable bonds is 6. The average molecular weight is 481 g/mol. The molecule has 0 aromatic heterocycles. The maximum absolute atomic E-state index is 11.6. The molecule has 142 valence electrons. The Morgan fingerprint density at radius 2 is 1.92 bits per heavy atom. The Labute approximate surface area is 168 Å². The highest BCUT2D eigenvalue weighted by atomic mass is 127. The van der Waals surface area contributed by atoms with Gasteiger partial charge in [-0.15, -0.1) is 24.0 Å². The van der Waals surface area contributed by atoms with Crippen molar-refractivity contribution in [2.45, 2.75) is 25.9 Å². The lowest BCUT2D eigenvalue weighted by Crippen LogP contribution is -2.48. The topological polar surface area (TPSA) is 71.0 Å². The highest BCUT2D eigenvalue weighted by Gasteiger charge is 2.22. The number of nitrogens with zero attached hydrogens (tertiary/aromatic N) is 2. The van der Waals surface area contributed by atoms with Crippen LogP contribution >= 0.6 is 24.0 Å². The van der Waals surface area contributed by atoms with Gasteiger partial charge < -0.3 is 15.0 Å². The molecule has 0 amide bonds. The summed E-state index contributed by atoms with van der Waals surface area (Å²) in [6.45, 7) is 3.75. The van der Waals surface area contributed by atoms with Gasteiger partial charge in [0.2, 0.25) is 0 Å². The Bertz CT molecular complexity index is 630. The molecule has 0 bridgehead atoms. The van der Waals surface area contributed by atoms with Crippen molar-refractivity contribution < 1.29 is 13.2 Å². The molecule has 2 rings (SSSR count). The lowest BCUT2D eigenvalue weighted by atomic mass is 10.1. The summed E-state index contributed by atoms with van der Waals surface area (Å²) < 4.78 is 29.1. The molecule has 0 unspecified atom stereocenters. The number of ether oxygens (including phenoxy) is 1. The standard InChI is InChI=1S/C17H27N3O3S.HI/c1-3-24(21,22)14-11-19-17(18-2)20-12-9-16(10-13-20)23-15-7-5-4-6-8-15;/h4-8,16H,3,9-14H2,1-2H3,(H,18,19);1H. The van der Waals surface area contributed by atoms with Crippen molar-refractivity contribution in [3.63, 3.8) is 0 Å². The van der Waals surface area contributed by atoms with E-state index < -0.39 is 9.84 Å². The number of para-hydroxylation sites is 1. The summed E-state index contributed by atoms with van der Waals surface area (Å²) in [5.74, 6) is 1.98. The van der Waals surface area contributed by atoms with Gasteiger partial charge in [0.1, 0.15) is 11.9 Å². The van der Waals surface area contributed by atoms with Crippen LogP contribution in [0, 0.1) is 0 Å². The smallest absolute Gasteiger partial charge is 0.193 e. The Balaban J connectivity index is 0.00000312. The molecule has 1 heterocycles. The molecule has 0 spiro atoms. The first-order chi connectivity index (χ1) is 11.5. The van der Waals surface area contributed by atoms with Crippen LogP contribution in [-0.2, 0) is 9.84 Å². The first-order valence-corrected chi connectivity index (χ1v) is 10.2. The molecule has 1 aliphatic rings. The Morgan fingerprint density at radius 3 is 2.48 bits per heavy atom. The highest BCUT2D eigenvalue weighted by molar-refractivity contribution is 14.0. The zero-order valence-corrected chi connectivity index (χ0v) is 18.0. The Morgan fingerprint density at radius 1 is 1.28 bits per heavy atom. The number of piperidine rings is 1. The number of guanidine groups is 1. The van der Waals surface area contributed by atoms with E-state index in [4.69, 9.17) is 4.74 Å². The van der Waals surface area contributed by atoms with Crippen LogP contribution in [0.3, 0.4) is 0 Å². The van der Waals surface area contributed by atoms with Crippen LogP contribution < -0.4 is 10.1 Å². The molecule has 0 atom stereocenters. The van der Waals surface area contributed by atoms with Gasteiger partial charge in [-0.1, -0.05) is 25.1 Å². The molecule has 8 heteroatoms. The van der Waals surface area contributed by atoms with Crippen LogP contribution in [0.2, 0.25) is 0 Å². The third-order valence-corrected chi connectivity index (χ3v) is 5.84. The molecule has 1 aromatic carbocycles. The highest BCUT2D eigenvalue weighted by Crippen LogP contribution is 2.18. The van der Waals surface area contributed by atoms with Crippen LogP contribution in [0.25, 0.3) is 0 Å². The number of benzene rings is 1. The van der Waals surface area contributed by atoms with Gasteiger partial charge in [-0.05, 0) is 12.1 Å². The normalized spacial score (nSPS) is 16.2. The first-order valence-electron chi connectivity index (χ1n) is 8.42. The molecule has 1 fully saturated rings. The molecule has 1 aliphatic heterocycles. The average Bonchev–Trinajstić information content (AvgIpc) is 2.60. The largest absolute Gasteiger partial charge is 0.490 e. The maximum Gasteiger partial charge on any atom is 0.193 e. The molecule has 25 heavy (non-hydrogen) atoms. The van der Waals surface area contributed by atoms with Gasteiger partial charge in [-0.25, -0.2) is 8.42 Å². The number of hydrogen-bond acceptors (Lipinski definition) is 4. The van der Waals surface area contributed by atoms with Crippen molar-refractivity contribution in [3.05, 3.63) is 30.3 Å². The third kappa shape index (κ3) is 7.39. The van der Waals surface area contributed by atoms with E-state index in [1.807, 2.05) is 30.3 Å². The van der Waals surface area contributed by atoms with E-state index in [-0.39, 0.29) is 41.6 Å². The van der Waals surface area contributed by atoms with Gasteiger partial charge in [0.25, 0.3) is 0 Å². The molecule has 0 saturated carbocycles. The predicted molar refractivity (Wildman–Crippen MR) is 113 cm³/mol. The minimum atomic E-state index is -2.95. The van der Waals surface area contributed by atoms with E-state index in [2.05, 4.69) is 15.2 Å². The van der Waals surface area contributed by atoms with E-state index in [0.717, 1.165) is 37.6 Å². The van der Waals surface area contributed by atoms with Gasteiger partial charge in [-0.3, -0.25) is 4.99 Å². The van der Waals surface area contributed by atoms with Crippen molar-refractivity contribution in [3.8, 4) is 5.75 Å². The van der Waals surface area contributed by atoms with Gasteiger partial charge in [0.05, 0.1) is 5.75 Å². The summed E-state index contributed by atoms with van der Waals surface area (Å²) in [5, 5.41) is 3.15. The fraction of sp³-hybridized carbons (Fsp3) is 0.588. The molecule has 0 aliphatic carbocycles. The van der Waals surface area contributed by atoms with E-state index >= 15 is 0 Å². The molecular formula is C17H28IN3O3S. The van der Waals surface area contributed by atoms with E-state index in [1.165, 1.54) is 0 Å². The molecule has 0 radical (unpaired) electrons. The lowest BCUT2D eigenvalue weighted by Gasteiger charge is -2.34. The second-order valence-corrected chi connectivity index (χ2v) is 8.30. The van der Waals surface area contributed by atoms with E-state index in [9.17, 15) is 8.42 Å². The molecule has 6 nitrogen and oxygen atoms in total. The second kappa shape index (κ2) is 10.8. The summed E-state index contributed by atoms with van der Waals surface area (Å²) in [4.78, 5) is 6.42. The summed E-state index contributed by atoms with van der Waals surface area (Å²) in [7, 11) is -1.23. The number of nitrogens with one attached hydrogen (secondary N) is 1. The van der Waals surface area contributed by atoms with Crippen molar-refractivity contribution >= 4 is 39.8 Å². The number of halogens is 1. The Hall–Kier alpha value is -1.03. The van der Waals surface area contributed by atoms with Gasteiger partial charge in [0.15, 0.2) is 15.8 Å². The van der Waals surface area contributed by atoms with Crippen LogP contribution in [-0.4, -0.2) is 63.6 Å². The summed E-state index contributed by atoms with van der Waals surface area (Å²) >= 11 is 0. The van der Waals surface area contributed by atoms with Gasteiger partial charge in [-0.2, -0.15) is 0 Å². The minimum Gasteiger partial charge on any atom is -0.490 e. The lowest BCUT2D eigenvalue weighted by molar-refractivity contribution is 0.129. The molecule has 1 N–H and O–H groups in total. The quantitative estimate of drug-likeness (QED) is 0.383. The van der Waals surface area contributed by atoms with Crippen LogP contribution in [0.15, 0.2) is 35.3 Å². The fourth-order valence-electron chi connectivity index (χ4n) is 2.67. The van der Waals surface area contributed by atoms with Crippen molar-refractivity contribution in [1.29, 1.82) is 0 Å². The monoisotopic (exact) mass is 481 g/mol. The zero-order chi connectivity index (χ0) is 17.4. The fourth-order valence-corrected chi connectivity index (χ4v) is 3.37. The van der Waals surface area contributed by atoms with Crippen molar-refractivity contribution in [2.75, 3.05) is 38.2 Å². The summed E-state index contributed by atoms with van der Waals surface area (Å²) in [6.07, 6.45) is 2.05. The summed E-state index contributed by atoms with van der Waals surface area (Å²) in [6, 6.07) is 9.87. The van der Waals surface area contributed by atoms with Crippen LogP contribution in [0.4, 0.5) is 0 Å². The molecular weight excluding hydrogens is 453 g/mol. The minimum absolute atomic E-state index is 0. The third-order valence-electron chi connectivity index (χ3n) is 4.14. The molecule has 1 saturated heterocycles. The van der Waals surface area contributed by atoms with Gasteiger partial charge >= 0.3 is 0 Å². The van der Waals surface area contributed by atoms with Gasteiger partial charge in [0, 0.05) is 45.3 Å². The first kappa shape index (κ1) is 22.0. The predicted octanol–water partition coefficient (Wildman–Crippen LogP) is 2.16. The zero-order valence-electron chi connectivity index (χ0n) is 14.8. The molecule has 1 aromatic rings. The second-order valence-electron chi connectivity index (χ2n) is 5.83. The van der Waals surface area contributed by atoms with Crippen LogP contribution in [0.1, 0.15) is 19.8 Å². The number of aliphatic imine (C=N–C) groups is 1. The van der Waals surface area contributed by atoms with Crippen LogP contribution in [0.5, 0.6) is 5.75 Å². The van der Waals surface area contributed by atoms with Crippen molar-refractivity contribution in [1.82, 2.24) is 10.2 Å².